The number of aromatic amines is 1. The lowest BCUT2D eigenvalue weighted by Gasteiger charge is -2.35. The summed E-state index contributed by atoms with van der Waals surface area (Å²) in [7, 11) is 0. The molecule has 0 radical (unpaired) electrons. The maximum atomic E-state index is 13.0. The molecule has 30 heavy (non-hydrogen) atoms. The van der Waals surface area contributed by atoms with Gasteiger partial charge in [-0.05, 0) is 42.5 Å². The van der Waals surface area contributed by atoms with Gasteiger partial charge in [0, 0.05) is 42.3 Å². The smallest absolute Gasteiger partial charge is 0.231 e. The number of carbonyl (C=O) groups is 1. The Hall–Kier alpha value is -3.05. The van der Waals surface area contributed by atoms with Gasteiger partial charge in [0.15, 0.2) is 5.76 Å². The molecule has 0 unspecified atom stereocenters. The van der Waals surface area contributed by atoms with E-state index in [0.717, 1.165) is 29.6 Å². The second-order valence-corrected chi connectivity index (χ2v) is 8.81. The number of nitrogens with one attached hydrogen (secondary N) is 1. The Balaban J connectivity index is 1.48. The number of aromatic nitrogens is 1. The summed E-state index contributed by atoms with van der Waals surface area (Å²) >= 11 is 0. The van der Waals surface area contributed by atoms with Crippen LogP contribution in [0.2, 0.25) is 0 Å². The SMILES string of the molecule is C[C@@H]1C[C@H](C)CN(Cc2c(O)ccc3c2O/C(=C\c2c[nH]c4ccccc24)C3=O)C1. The molecule has 1 aromatic heterocycles. The molecule has 5 rings (SSSR count). The molecule has 1 fully saturated rings. The van der Waals surface area contributed by atoms with Crippen LogP contribution in [0.4, 0.5) is 0 Å². The van der Waals surface area contributed by atoms with Crippen LogP contribution in [0.3, 0.4) is 0 Å². The van der Waals surface area contributed by atoms with Crippen molar-refractivity contribution in [3.63, 3.8) is 0 Å². The quantitative estimate of drug-likeness (QED) is 0.607. The van der Waals surface area contributed by atoms with Gasteiger partial charge < -0.3 is 14.8 Å². The number of piperidine rings is 1. The van der Waals surface area contributed by atoms with Gasteiger partial charge in [-0.1, -0.05) is 32.0 Å². The third-order valence-electron chi connectivity index (χ3n) is 6.15. The first-order chi connectivity index (χ1) is 14.5. The van der Waals surface area contributed by atoms with Crippen LogP contribution in [0.1, 0.15) is 41.8 Å². The number of hydrogen-bond acceptors (Lipinski definition) is 4. The van der Waals surface area contributed by atoms with Gasteiger partial charge >= 0.3 is 0 Å². The zero-order valence-corrected chi connectivity index (χ0v) is 17.3. The molecule has 0 saturated carbocycles. The van der Waals surface area contributed by atoms with Crippen LogP contribution in [0, 0.1) is 11.8 Å². The van der Waals surface area contributed by atoms with E-state index in [9.17, 15) is 9.90 Å². The van der Waals surface area contributed by atoms with Crippen molar-refractivity contribution in [1.29, 1.82) is 0 Å². The molecule has 3 aromatic rings. The fraction of sp³-hybridized carbons (Fsp3) is 0.320. The number of para-hydroxylation sites is 1. The molecular weight excluding hydrogens is 376 g/mol. The Labute approximate surface area is 176 Å². The highest BCUT2D eigenvalue weighted by Crippen LogP contribution is 2.41. The van der Waals surface area contributed by atoms with E-state index in [1.165, 1.54) is 6.42 Å². The molecule has 2 aliphatic rings. The maximum Gasteiger partial charge on any atom is 0.231 e. The number of Topliss-reactive ketones (excluding diaryl/α,β-unsaturated/α-hetero) is 1. The van der Waals surface area contributed by atoms with Crippen LogP contribution in [-0.4, -0.2) is 33.9 Å². The summed E-state index contributed by atoms with van der Waals surface area (Å²) in [4.78, 5) is 18.6. The van der Waals surface area contributed by atoms with E-state index in [1.807, 2.05) is 30.5 Å². The van der Waals surface area contributed by atoms with Crippen molar-refractivity contribution >= 4 is 22.8 Å². The predicted molar refractivity (Wildman–Crippen MR) is 118 cm³/mol. The number of ketones is 1. The minimum Gasteiger partial charge on any atom is -0.507 e. The van der Waals surface area contributed by atoms with Crippen LogP contribution >= 0.6 is 0 Å². The van der Waals surface area contributed by atoms with Gasteiger partial charge in [0.2, 0.25) is 5.78 Å². The topological polar surface area (TPSA) is 65.6 Å². The summed E-state index contributed by atoms with van der Waals surface area (Å²) in [5.41, 5.74) is 3.14. The summed E-state index contributed by atoms with van der Waals surface area (Å²) in [5.74, 6) is 2.07. The van der Waals surface area contributed by atoms with Gasteiger partial charge in [0.05, 0.1) is 11.1 Å². The molecule has 2 aromatic carbocycles. The minimum absolute atomic E-state index is 0.142. The van der Waals surface area contributed by atoms with Gasteiger partial charge in [-0.3, -0.25) is 9.69 Å². The molecule has 2 aliphatic heterocycles. The number of rotatable bonds is 3. The van der Waals surface area contributed by atoms with Crippen molar-refractivity contribution in [2.45, 2.75) is 26.8 Å². The van der Waals surface area contributed by atoms with Gasteiger partial charge in [-0.25, -0.2) is 0 Å². The normalized spacial score (nSPS) is 23.1. The lowest BCUT2D eigenvalue weighted by Crippen LogP contribution is -2.38. The van der Waals surface area contributed by atoms with E-state index >= 15 is 0 Å². The van der Waals surface area contributed by atoms with Crippen LogP contribution in [0.15, 0.2) is 48.4 Å². The Kier molecular flexibility index (Phi) is 4.63. The van der Waals surface area contributed by atoms with Gasteiger partial charge in [-0.15, -0.1) is 0 Å². The number of fused-ring (bicyclic) bond motifs is 2. The number of H-pyrrole nitrogens is 1. The van der Waals surface area contributed by atoms with E-state index in [-0.39, 0.29) is 11.5 Å². The second kappa shape index (κ2) is 7.33. The van der Waals surface area contributed by atoms with Gasteiger partial charge in [-0.2, -0.15) is 0 Å². The minimum atomic E-state index is -0.142. The van der Waals surface area contributed by atoms with Gasteiger partial charge in [0.25, 0.3) is 0 Å². The summed E-state index contributed by atoms with van der Waals surface area (Å²) < 4.78 is 6.06. The molecule has 1 saturated heterocycles. The fourth-order valence-corrected chi connectivity index (χ4v) is 4.95. The molecule has 0 spiro atoms. The highest BCUT2D eigenvalue weighted by atomic mass is 16.5. The number of ether oxygens (including phenoxy) is 1. The Morgan fingerprint density at radius 2 is 1.93 bits per heavy atom. The second-order valence-electron chi connectivity index (χ2n) is 8.81. The highest BCUT2D eigenvalue weighted by Gasteiger charge is 2.32. The van der Waals surface area contributed by atoms with Crippen molar-refractivity contribution in [1.82, 2.24) is 9.88 Å². The summed E-state index contributed by atoms with van der Waals surface area (Å²) in [6.07, 6.45) is 4.89. The van der Waals surface area contributed by atoms with Crippen molar-refractivity contribution < 1.29 is 14.6 Å². The number of nitrogens with zero attached hydrogens (tertiary/aromatic N) is 1. The van der Waals surface area contributed by atoms with Crippen molar-refractivity contribution in [3.05, 3.63) is 65.0 Å². The molecule has 2 N–H and O–H groups in total. The number of phenols is 1. The monoisotopic (exact) mass is 402 g/mol. The van der Waals surface area contributed by atoms with Gasteiger partial charge in [0.1, 0.15) is 11.5 Å². The Bertz CT molecular complexity index is 1150. The molecule has 3 heterocycles. The summed E-state index contributed by atoms with van der Waals surface area (Å²) in [6, 6.07) is 11.2. The first-order valence-corrected chi connectivity index (χ1v) is 10.6. The van der Waals surface area contributed by atoms with E-state index in [1.54, 1.807) is 18.2 Å². The zero-order valence-electron chi connectivity index (χ0n) is 17.3. The van der Waals surface area contributed by atoms with Crippen molar-refractivity contribution in [2.24, 2.45) is 11.8 Å². The van der Waals surface area contributed by atoms with Crippen molar-refractivity contribution in [2.75, 3.05) is 13.1 Å². The number of aromatic hydroxyl groups is 1. The van der Waals surface area contributed by atoms with E-state index < -0.39 is 0 Å². The van der Waals surface area contributed by atoms with Crippen LogP contribution in [-0.2, 0) is 6.54 Å². The number of benzene rings is 2. The summed E-state index contributed by atoms with van der Waals surface area (Å²) in [5, 5.41) is 11.6. The standard InChI is InChI=1S/C25H26N2O3/c1-15-9-16(2)13-27(12-15)14-20-22(28)8-7-19-24(29)23(30-25(19)20)10-17-11-26-21-6-4-3-5-18(17)21/h3-8,10-11,15-16,26,28H,9,12-14H2,1-2H3/b23-10-/t15-,16+. The molecule has 0 bridgehead atoms. The molecule has 5 heteroatoms. The average molecular weight is 402 g/mol. The number of hydrogen-bond donors (Lipinski definition) is 2. The molecule has 0 amide bonds. The van der Waals surface area contributed by atoms with Crippen molar-refractivity contribution in [3.8, 4) is 11.5 Å². The number of phenolic OH excluding ortho intramolecular Hbond substituents is 1. The van der Waals surface area contributed by atoms with E-state index in [0.29, 0.717) is 41.0 Å². The number of allylic oxidation sites excluding steroid dienone is 1. The number of likely N-dealkylation sites (tertiary alicyclic amines) is 1. The van der Waals surface area contributed by atoms with E-state index in [4.69, 9.17) is 4.74 Å². The fourth-order valence-electron chi connectivity index (χ4n) is 4.95. The first-order valence-electron chi connectivity index (χ1n) is 10.6. The van der Waals surface area contributed by atoms with Crippen LogP contribution < -0.4 is 4.74 Å². The number of carbonyl (C=O) groups excluding carboxylic acids is 1. The highest BCUT2D eigenvalue weighted by molar-refractivity contribution is 6.15. The first kappa shape index (κ1) is 18.9. The molecule has 0 aliphatic carbocycles. The predicted octanol–water partition coefficient (Wildman–Crippen LogP) is 4.97. The maximum absolute atomic E-state index is 13.0. The third kappa shape index (κ3) is 3.29. The summed E-state index contributed by atoms with van der Waals surface area (Å²) in [6.45, 7) is 7.08. The van der Waals surface area contributed by atoms with Crippen LogP contribution in [0.25, 0.3) is 17.0 Å². The molecule has 154 valence electrons. The Morgan fingerprint density at radius 1 is 1.17 bits per heavy atom. The van der Waals surface area contributed by atoms with E-state index in [2.05, 4.69) is 23.7 Å². The average Bonchev–Trinajstić information content (AvgIpc) is 3.25. The molecular formula is C25H26N2O3. The Morgan fingerprint density at radius 3 is 2.73 bits per heavy atom. The zero-order chi connectivity index (χ0) is 20.8. The van der Waals surface area contributed by atoms with Crippen LogP contribution in [0.5, 0.6) is 11.5 Å². The third-order valence-corrected chi connectivity index (χ3v) is 6.15. The largest absolute Gasteiger partial charge is 0.507 e. The lowest BCUT2D eigenvalue weighted by atomic mass is 9.91. The molecule has 2 atom stereocenters. The lowest BCUT2D eigenvalue weighted by molar-refractivity contribution is 0.101. The molecule has 5 nitrogen and oxygen atoms in total.